The minimum absolute atomic E-state index is 0.199. The lowest BCUT2D eigenvalue weighted by atomic mass is 9.76. The first-order chi connectivity index (χ1) is 38.6. The van der Waals surface area contributed by atoms with E-state index in [0.717, 1.165) is 86.6 Å². The van der Waals surface area contributed by atoms with Gasteiger partial charge in [0.25, 0.3) is 5.91 Å². The molecule has 12 rings (SSSR count). The topological polar surface area (TPSA) is 41.6 Å². The zero-order valence-electron chi connectivity index (χ0n) is 46.6. The van der Waals surface area contributed by atoms with Crippen LogP contribution < -0.4 is 15.0 Å². The summed E-state index contributed by atoms with van der Waals surface area (Å²) in [6.45, 7) is 11.9. The highest BCUT2D eigenvalue weighted by Gasteiger charge is 2.45. The predicted molar refractivity (Wildman–Crippen MR) is 319 cm³/mol. The summed E-state index contributed by atoms with van der Waals surface area (Å²) in [5, 5.41) is 4.09. The number of amides is 1. The Morgan fingerprint density at radius 3 is 2.04 bits per heavy atom. The Labute approximate surface area is 468 Å². The number of hydrogen-bond acceptors (Lipinski definition) is 3. The fraction of sp³-hybridized carbons (Fsp3) is 0.319. The summed E-state index contributed by atoms with van der Waals surface area (Å²) >= 11 is 0. The Morgan fingerprint density at radius 2 is 1.38 bits per heavy atom. The molecule has 0 radical (unpaired) electrons. The van der Waals surface area contributed by atoms with Gasteiger partial charge in [0, 0.05) is 57.0 Å². The van der Waals surface area contributed by atoms with E-state index in [0.29, 0.717) is 50.9 Å². The number of benzene rings is 8. The van der Waals surface area contributed by atoms with Gasteiger partial charge >= 0.3 is 6.18 Å². The zero-order valence-corrected chi connectivity index (χ0v) is 46.6. The van der Waals surface area contributed by atoms with Gasteiger partial charge in [-0.3, -0.25) is 4.79 Å². The normalized spacial score (nSPS) is 20.2. The number of halogens is 4. The number of nitrogens with one attached hydrogen (secondary N) is 1. The maximum atomic E-state index is 14.8. The van der Waals surface area contributed by atoms with Gasteiger partial charge in [-0.2, -0.15) is 13.2 Å². The van der Waals surface area contributed by atoms with Crippen LogP contribution in [0.4, 0.5) is 28.9 Å². The van der Waals surface area contributed by atoms with Crippen molar-refractivity contribution < 1.29 is 27.1 Å². The summed E-state index contributed by atoms with van der Waals surface area (Å²) in [7, 11) is 0. The van der Waals surface area contributed by atoms with Gasteiger partial charge < -0.3 is 15.0 Å². The molecular weight excluding hydrogens is 1000 g/mol. The monoisotopic (exact) mass is 1070 g/mol. The molecular formula is C72H70F4N2O2. The first-order valence-corrected chi connectivity index (χ1v) is 29.1. The number of piperidine rings is 1. The molecule has 2 aliphatic carbocycles. The van der Waals surface area contributed by atoms with E-state index in [1.54, 1.807) is 18.2 Å². The molecule has 0 spiro atoms. The Hall–Kier alpha value is -7.45. The maximum absolute atomic E-state index is 14.8. The lowest BCUT2D eigenvalue weighted by Gasteiger charge is -2.39. The second-order valence-electron chi connectivity index (χ2n) is 23.8. The number of nitrogens with zero attached hydrogens (tertiary/aromatic N) is 1. The van der Waals surface area contributed by atoms with Crippen molar-refractivity contribution in [3.63, 3.8) is 0 Å². The molecule has 8 heteroatoms. The van der Waals surface area contributed by atoms with Crippen molar-refractivity contribution in [2.24, 2.45) is 5.92 Å². The number of fused-ring (bicyclic) bond motifs is 8. The Balaban J connectivity index is 0.830. The van der Waals surface area contributed by atoms with Gasteiger partial charge in [0.1, 0.15) is 11.6 Å². The second kappa shape index (κ2) is 21.2. The Morgan fingerprint density at radius 1 is 0.713 bits per heavy atom. The molecule has 1 N–H and O–H groups in total. The number of anilines is 2. The summed E-state index contributed by atoms with van der Waals surface area (Å²) in [4.78, 5) is 16.1. The van der Waals surface area contributed by atoms with Crippen molar-refractivity contribution in [1.29, 1.82) is 0 Å². The second-order valence-corrected chi connectivity index (χ2v) is 23.8. The number of alkyl halides is 3. The molecule has 408 valence electrons. The standard InChI is InChI=1S/C72H70F4N2O2/c1-6-7-8-12-47-13-15-48(16-14-47)49-17-19-50(20-18-49)51-21-23-53(24-22-51)69(79)77-58-34-25-52(26-35-58)62-44-64-65(42-45(62)2)70(4,5)67-61-39-40-71(54-27-32-57(73)33-28-54,55-29-36-59(37-30-55)78-41-10-9-11-46(78)3)80-68(61)63-43-56(72(74,75)76)31-38-60(63)66(64)67/h17-40,42-44,46-48H,6-16,41H2,1-5H3,(H,77,79)/t46-,47?,48?,71?/m0/s1. The highest BCUT2D eigenvalue weighted by Crippen LogP contribution is 2.59. The minimum Gasteiger partial charge on any atom is -0.472 e. The molecule has 0 aromatic heterocycles. The molecule has 1 unspecified atom stereocenters. The minimum atomic E-state index is -4.61. The summed E-state index contributed by atoms with van der Waals surface area (Å²) in [5.74, 6) is 1.28. The zero-order chi connectivity index (χ0) is 55.5. The van der Waals surface area contributed by atoms with E-state index in [2.05, 4.69) is 93.4 Å². The first-order valence-electron chi connectivity index (χ1n) is 29.1. The molecule has 4 nitrogen and oxygen atoms in total. The number of aryl methyl sites for hydroxylation is 1. The lowest BCUT2D eigenvalue weighted by molar-refractivity contribution is -0.137. The van der Waals surface area contributed by atoms with E-state index in [1.165, 1.54) is 87.6 Å². The smallest absolute Gasteiger partial charge is 0.416 e. The molecule has 1 saturated carbocycles. The third-order valence-electron chi connectivity index (χ3n) is 18.4. The molecule has 2 heterocycles. The van der Waals surface area contributed by atoms with Crippen LogP contribution in [0.25, 0.3) is 50.2 Å². The average molecular weight is 1070 g/mol. The predicted octanol–water partition coefficient (Wildman–Crippen LogP) is 19.8. The molecule has 80 heavy (non-hydrogen) atoms. The van der Waals surface area contributed by atoms with Crippen molar-refractivity contribution in [2.75, 3.05) is 16.8 Å². The van der Waals surface area contributed by atoms with E-state index in [4.69, 9.17) is 4.74 Å². The van der Waals surface area contributed by atoms with Gasteiger partial charge in [0.2, 0.25) is 0 Å². The van der Waals surface area contributed by atoms with Gasteiger partial charge in [-0.15, -0.1) is 0 Å². The van der Waals surface area contributed by atoms with Crippen LogP contribution in [0.1, 0.15) is 159 Å². The van der Waals surface area contributed by atoms with Crippen LogP contribution >= 0.6 is 0 Å². The lowest BCUT2D eigenvalue weighted by Crippen LogP contribution is -2.38. The van der Waals surface area contributed by atoms with Gasteiger partial charge in [0.15, 0.2) is 5.60 Å². The van der Waals surface area contributed by atoms with Gasteiger partial charge in [0.05, 0.1) is 5.56 Å². The molecule has 1 amide bonds. The van der Waals surface area contributed by atoms with Crippen LogP contribution in [-0.4, -0.2) is 18.5 Å². The van der Waals surface area contributed by atoms with Crippen LogP contribution in [0.5, 0.6) is 5.75 Å². The van der Waals surface area contributed by atoms with Crippen LogP contribution in [0.15, 0.2) is 158 Å². The first kappa shape index (κ1) is 53.2. The quantitative estimate of drug-likeness (QED) is 0.0979. The third-order valence-corrected chi connectivity index (χ3v) is 18.4. The summed E-state index contributed by atoms with van der Waals surface area (Å²) < 4.78 is 66.5. The van der Waals surface area contributed by atoms with Crippen molar-refractivity contribution in [1.82, 2.24) is 0 Å². The molecule has 1 saturated heterocycles. The third kappa shape index (κ3) is 9.81. The maximum Gasteiger partial charge on any atom is 0.416 e. The molecule has 2 aliphatic heterocycles. The fourth-order valence-electron chi connectivity index (χ4n) is 13.8. The Kier molecular flexibility index (Phi) is 14.1. The Bertz CT molecular complexity index is 3630. The fourth-order valence-corrected chi connectivity index (χ4v) is 13.8. The molecule has 8 aromatic carbocycles. The van der Waals surface area contributed by atoms with Crippen LogP contribution in [-0.2, 0) is 17.2 Å². The van der Waals surface area contributed by atoms with Crippen molar-refractivity contribution >= 4 is 34.1 Å². The average Bonchev–Trinajstić information content (AvgIpc) is 3.91. The summed E-state index contributed by atoms with van der Waals surface area (Å²) in [6, 6.07) is 47.9. The van der Waals surface area contributed by atoms with Crippen LogP contribution in [0.2, 0.25) is 0 Å². The molecule has 2 atom stereocenters. The van der Waals surface area contributed by atoms with Crippen molar-refractivity contribution in [3.05, 3.63) is 214 Å². The molecule has 4 aliphatic rings. The molecule has 2 fully saturated rings. The number of hydrogen-bond donors (Lipinski definition) is 1. The number of carbonyl (C=O) groups is 1. The van der Waals surface area contributed by atoms with E-state index in [-0.39, 0.29) is 5.91 Å². The highest BCUT2D eigenvalue weighted by atomic mass is 19.4. The molecule has 0 bridgehead atoms. The van der Waals surface area contributed by atoms with E-state index >= 15 is 0 Å². The van der Waals surface area contributed by atoms with Gasteiger partial charge in [-0.05, 0) is 204 Å². The van der Waals surface area contributed by atoms with Crippen molar-refractivity contribution in [3.8, 4) is 39.1 Å². The van der Waals surface area contributed by atoms with E-state index in [9.17, 15) is 22.4 Å². The number of rotatable bonds is 12. The van der Waals surface area contributed by atoms with Crippen LogP contribution in [0.3, 0.4) is 0 Å². The van der Waals surface area contributed by atoms with Gasteiger partial charge in [-0.25, -0.2) is 4.39 Å². The summed E-state index contributed by atoms with van der Waals surface area (Å²) in [6.07, 6.45) is 13.4. The van der Waals surface area contributed by atoms with Crippen LogP contribution in [0, 0.1) is 18.7 Å². The number of unbranched alkanes of at least 4 members (excludes halogenated alkanes) is 2. The number of ether oxygens (including phenoxy) is 1. The number of carbonyl (C=O) groups excluding carboxylic acids is 1. The SMILES string of the molecule is CCCCCC1CCC(c2ccc(-c3ccc(C(=O)Nc4ccc(-c5cc6c(cc5C)C(C)(C)c5c7c(c8cc(C(F)(F)F)ccc8c5-6)OC(c5ccc(F)cc5)(c5ccc(N6CCCC[C@@H]6C)cc5)C=C7)cc4)cc3)cc2)CC1. The van der Waals surface area contributed by atoms with E-state index < -0.39 is 28.6 Å². The van der Waals surface area contributed by atoms with E-state index in [1.807, 2.05) is 72.8 Å². The molecule has 8 aromatic rings. The highest BCUT2D eigenvalue weighted by molar-refractivity contribution is 6.09. The van der Waals surface area contributed by atoms with Crippen molar-refractivity contribution in [2.45, 2.75) is 134 Å². The van der Waals surface area contributed by atoms with Gasteiger partial charge in [-0.1, -0.05) is 137 Å². The summed E-state index contributed by atoms with van der Waals surface area (Å²) in [5.41, 5.74) is 12.2. The largest absolute Gasteiger partial charge is 0.472 e.